The van der Waals surface area contributed by atoms with Crippen LogP contribution in [0.3, 0.4) is 0 Å². The van der Waals surface area contributed by atoms with Gasteiger partial charge in [-0.15, -0.1) is 0 Å². The molecule has 2 amide bonds. The average Bonchev–Trinajstić information content (AvgIpc) is 3.50. The molecule has 0 spiro atoms. The minimum atomic E-state index is -0.441. The van der Waals surface area contributed by atoms with Crippen LogP contribution in [0.25, 0.3) is 0 Å². The van der Waals surface area contributed by atoms with Gasteiger partial charge in [0.15, 0.2) is 5.69 Å². The number of nitrogens with zero attached hydrogens (tertiary/aromatic N) is 8. The molecule has 4 rings (SSSR count). The first kappa shape index (κ1) is 19.1. The second kappa shape index (κ2) is 8.03. The summed E-state index contributed by atoms with van der Waals surface area (Å²) in [5, 5.41) is 22.0. The van der Waals surface area contributed by atoms with Crippen molar-refractivity contribution in [2.45, 2.75) is 13.2 Å². The Morgan fingerprint density at radius 3 is 2.63 bits per heavy atom. The van der Waals surface area contributed by atoms with Crippen molar-refractivity contribution in [2.24, 2.45) is 14.1 Å². The van der Waals surface area contributed by atoms with E-state index in [1.54, 1.807) is 65.1 Å². The highest BCUT2D eigenvalue weighted by Crippen LogP contribution is 2.15. The third-order valence-corrected chi connectivity index (χ3v) is 4.34. The van der Waals surface area contributed by atoms with Gasteiger partial charge in [0.05, 0.1) is 18.1 Å². The number of carbonyl (C=O) groups excluding carboxylic acids is 2. The van der Waals surface area contributed by atoms with E-state index in [0.717, 1.165) is 5.56 Å². The second-order valence-corrected chi connectivity index (χ2v) is 6.62. The molecule has 0 fully saturated rings. The summed E-state index contributed by atoms with van der Waals surface area (Å²) in [5.74, 6) is -0.804. The molecule has 0 aliphatic rings. The first-order valence-corrected chi connectivity index (χ1v) is 9.09. The Bertz CT molecular complexity index is 1170. The van der Waals surface area contributed by atoms with Crippen molar-refractivity contribution < 1.29 is 9.59 Å². The molecule has 30 heavy (non-hydrogen) atoms. The van der Waals surface area contributed by atoms with Crippen molar-refractivity contribution in [1.82, 2.24) is 44.4 Å². The topological polar surface area (TPSA) is 129 Å². The molecule has 12 heteroatoms. The van der Waals surface area contributed by atoms with Crippen LogP contribution in [0.1, 0.15) is 26.5 Å². The number of anilines is 1. The molecule has 0 saturated carbocycles. The van der Waals surface area contributed by atoms with Gasteiger partial charge in [-0.25, -0.2) is 0 Å². The fourth-order valence-electron chi connectivity index (χ4n) is 2.91. The average molecular weight is 408 g/mol. The normalized spacial score (nSPS) is 10.9. The summed E-state index contributed by atoms with van der Waals surface area (Å²) in [6, 6.07) is 3.40. The predicted octanol–water partition coefficient (Wildman–Crippen LogP) is 0.235. The molecule has 0 bridgehead atoms. The number of amides is 2. The number of aryl methyl sites for hydroxylation is 2. The first-order valence-electron chi connectivity index (χ1n) is 9.09. The molecule has 4 aromatic heterocycles. The fourth-order valence-corrected chi connectivity index (χ4v) is 2.91. The van der Waals surface area contributed by atoms with Gasteiger partial charge in [-0.1, -0.05) is 0 Å². The van der Waals surface area contributed by atoms with Gasteiger partial charge in [0.1, 0.15) is 12.4 Å². The molecule has 0 aromatic carbocycles. The Kier molecular flexibility index (Phi) is 5.11. The highest BCUT2D eigenvalue weighted by molar-refractivity contribution is 6.07. The number of nitrogens with one attached hydrogen (secondary N) is 2. The minimum Gasteiger partial charge on any atom is -0.346 e. The van der Waals surface area contributed by atoms with Crippen LogP contribution in [0.5, 0.6) is 0 Å². The van der Waals surface area contributed by atoms with E-state index in [-0.39, 0.29) is 17.3 Å². The summed E-state index contributed by atoms with van der Waals surface area (Å²) in [4.78, 5) is 25.3. The molecular weight excluding hydrogens is 388 g/mol. The largest absolute Gasteiger partial charge is 0.346 e. The summed E-state index contributed by atoms with van der Waals surface area (Å²) >= 11 is 0. The SMILES string of the molecule is Cn1cc(CNC(=O)c2c(NC(=O)c3ccn(Cn4cccn4)n3)cnn2C)cn1. The van der Waals surface area contributed by atoms with Crippen molar-refractivity contribution in [1.29, 1.82) is 0 Å². The Morgan fingerprint density at radius 1 is 1.03 bits per heavy atom. The zero-order chi connectivity index (χ0) is 21.1. The Morgan fingerprint density at radius 2 is 1.90 bits per heavy atom. The lowest BCUT2D eigenvalue weighted by molar-refractivity contribution is 0.0942. The third-order valence-electron chi connectivity index (χ3n) is 4.34. The number of hydrogen-bond acceptors (Lipinski definition) is 6. The lowest BCUT2D eigenvalue weighted by Crippen LogP contribution is -2.26. The Balaban J connectivity index is 1.43. The third kappa shape index (κ3) is 4.11. The molecule has 12 nitrogen and oxygen atoms in total. The summed E-state index contributed by atoms with van der Waals surface area (Å²) in [5.41, 5.74) is 1.62. The monoisotopic (exact) mass is 408 g/mol. The van der Waals surface area contributed by atoms with E-state index >= 15 is 0 Å². The quantitative estimate of drug-likeness (QED) is 0.450. The minimum absolute atomic E-state index is 0.215. The summed E-state index contributed by atoms with van der Waals surface area (Å²) in [6.45, 7) is 0.693. The standard InChI is InChI=1S/C18H20N10O2/c1-25-11-13(9-21-25)8-19-18(30)16-15(10-22-26(16)2)23-17(29)14-4-7-28(24-14)12-27-6-3-5-20-27/h3-7,9-11H,8,12H2,1-2H3,(H,19,30)(H,23,29). The van der Waals surface area contributed by atoms with E-state index < -0.39 is 5.91 Å². The molecular formula is C18H20N10O2. The van der Waals surface area contributed by atoms with Crippen LogP contribution in [-0.4, -0.2) is 50.9 Å². The van der Waals surface area contributed by atoms with Crippen molar-refractivity contribution in [3.63, 3.8) is 0 Å². The number of carbonyl (C=O) groups is 2. The second-order valence-electron chi connectivity index (χ2n) is 6.62. The van der Waals surface area contributed by atoms with Crippen molar-refractivity contribution in [3.05, 3.63) is 66.3 Å². The molecule has 0 atom stereocenters. The molecule has 0 radical (unpaired) electrons. The van der Waals surface area contributed by atoms with Gasteiger partial charge < -0.3 is 10.6 Å². The van der Waals surface area contributed by atoms with Crippen molar-refractivity contribution in [3.8, 4) is 0 Å². The zero-order valence-corrected chi connectivity index (χ0v) is 16.4. The predicted molar refractivity (Wildman–Crippen MR) is 105 cm³/mol. The number of hydrogen-bond donors (Lipinski definition) is 2. The highest BCUT2D eigenvalue weighted by atomic mass is 16.2. The van der Waals surface area contributed by atoms with Crippen LogP contribution in [0.2, 0.25) is 0 Å². The highest BCUT2D eigenvalue weighted by Gasteiger charge is 2.20. The maximum absolute atomic E-state index is 12.6. The van der Waals surface area contributed by atoms with E-state index in [2.05, 4.69) is 31.0 Å². The van der Waals surface area contributed by atoms with Gasteiger partial charge >= 0.3 is 0 Å². The molecule has 154 valence electrons. The zero-order valence-electron chi connectivity index (χ0n) is 16.4. The molecule has 0 aliphatic heterocycles. The maximum atomic E-state index is 12.6. The lowest BCUT2D eigenvalue weighted by atomic mass is 10.3. The summed E-state index contributed by atoms with van der Waals surface area (Å²) in [6.07, 6.45) is 10.1. The molecule has 4 heterocycles. The molecule has 4 aromatic rings. The van der Waals surface area contributed by atoms with Gasteiger partial charge in [-0.3, -0.25) is 28.3 Å². The molecule has 0 unspecified atom stereocenters. The van der Waals surface area contributed by atoms with Gasteiger partial charge in [-0.05, 0) is 12.1 Å². The molecule has 0 saturated heterocycles. The van der Waals surface area contributed by atoms with Crippen LogP contribution >= 0.6 is 0 Å². The lowest BCUT2D eigenvalue weighted by Gasteiger charge is -2.08. The van der Waals surface area contributed by atoms with E-state index in [1.165, 1.54) is 10.9 Å². The van der Waals surface area contributed by atoms with Gasteiger partial charge in [0.2, 0.25) is 0 Å². The Labute approximate surface area is 171 Å². The van der Waals surface area contributed by atoms with E-state index in [1.807, 2.05) is 6.20 Å². The van der Waals surface area contributed by atoms with Gasteiger partial charge in [0, 0.05) is 51.0 Å². The van der Waals surface area contributed by atoms with Crippen molar-refractivity contribution >= 4 is 17.5 Å². The van der Waals surface area contributed by atoms with E-state index in [4.69, 9.17) is 0 Å². The fraction of sp³-hybridized carbons (Fsp3) is 0.222. The molecule has 2 N–H and O–H groups in total. The van der Waals surface area contributed by atoms with Crippen LogP contribution in [0.15, 0.2) is 49.3 Å². The molecule has 0 aliphatic carbocycles. The van der Waals surface area contributed by atoms with Crippen LogP contribution in [-0.2, 0) is 27.3 Å². The van der Waals surface area contributed by atoms with E-state index in [9.17, 15) is 9.59 Å². The van der Waals surface area contributed by atoms with Crippen molar-refractivity contribution in [2.75, 3.05) is 5.32 Å². The first-order chi connectivity index (χ1) is 14.5. The summed E-state index contributed by atoms with van der Waals surface area (Å²) < 4.78 is 6.33. The van der Waals surface area contributed by atoms with Crippen LogP contribution < -0.4 is 10.6 Å². The van der Waals surface area contributed by atoms with Gasteiger partial charge in [-0.2, -0.15) is 20.4 Å². The number of aromatic nitrogens is 8. The van der Waals surface area contributed by atoms with E-state index in [0.29, 0.717) is 18.9 Å². The smallest absolute Gasteiger partial charge is 0.276 e. The summed E-state index contributed by atoms with van der Waals surface area (Å²) in [7, 11) is 3.43. The van der Waals surface area contributed by atoms with Gasteiger partial charge in [0.25, 0.3) is 11.8 Å². The maximum Gasteiger partial charge on any atom is 0.276 e. The Hall–Kier alpha value is -4.22. The van der Waals surface area contributed by atoms with Crippen LogP contribution in [0.4, 0.5) is 5.69 Å². The van der Waals surface area contributed by atoms with Crippen LogP contribution in [0, 0.1) is 0 Å². The number of rotatable bonds is 7.